The SMILES string of the molecule is CC[C@H]1CN(c2cc(-c3ncnc(Nc4cccc(Cl)c4)n3)ccn2)CCN1. The van der Waals surface area contributed by atoms with Gasteiger partial charge < -0.3 is 15.5 Å². The number of nitrogens with one attached hydrogen (secondary N) is 2. The first-order chi connectivity index (χ1) is 13.7. The Hall–Kier alpha value is -2.77. The molecule has 0 unspecified atom stereocenters. The molecule has 1 aliphatic rings. The number of piperazine rings is 1. The summed E-state index contributed by atoms with van der Waals surface area (Å²) in [6.07, 6.45) is 4.41. The quantitative estimate of drug-likeness (QED) is 0.684. The van der Waals surface area contributed by atoms with Crippen molar-refractivity contribution in [3.05, 3.63) is 53.9 Å². The summed E-state index contributed by atoms with van der Waals surface area (Å²) in [7, 11) is 0. The number of hydrogen-bond donors (Lipinski definition) is 2. The summed E-state index contributed by atoms with van der Waals surface area (Å²) in [6.45, 7) is 5.05. The van der Waals surface area contributed by atoms with Gasteiger partial charge >= 0.3 is 0 Å². The number of nitrogens with zero attached hydrogens (tertiary/aromatic N) is 5. The zero-order valence-electron chi connectivity index (χ0n) is 15.6. The zero-order chi connectivity index (χ0) is 19.3. The first kappa shape index (κ1) is 18.6. The molecule has 0 spiro atoms. The molecular weight excluding hydrogens is 374 g/mol. The average Bonchev–Trinajstić information content (AvgIpc) is 2.74. The molecule has 3 aromatic rings. The topological polar surface area (TPSA) is 78.9 Å². The van der Waals surface area contributed by atoms with Crippen molar-refractivity contribution in [3.63, 3.8) is 0 Å². The third kappa shape index (κ3) is 4.37. The molecule has 1 aliphatic heterocycles. The highest BCUT2D eigenvalue weighted by atomic mass is 35.5. The summed E-state index contributed by atoms with van der Waals surface area (Å²) in [4.78, 5) is 20.0. The second kappa shape index (κ2) is 8.50. The lowest BCUT2D eigenvalue weighted by Gasteiger charge is -2.34. The molecule has 0 aliphatic carbocycles. The lowest BCUT2D eigenvalue weighted by Crippen LogP contribution is -2.50. The molecule has 0 saturated carbocycles. The van der Waals surface area contributed by atoms with Gasteiger partial charge in [0.2, 0.25) is 5.95 Å². The van der Waals surface area contributed by atoms with Crippen LogP contribution in [0, 0.1) is 0 Å². The Labute approximate surface area is 169 Å². The van der Waals surface area contributed by atoms with Crippen molar-refractivity contribution in [1.82, 2.24) is 25.3 Å². The van der Waals surface area contributed by atoms with Gasteiger partial charge in [0, 0.05) is 48.1 Å². The van der Waals surface area contributed by atoms with Crippen LogP contribution in [0.3, 0.4) is 0 Å². The van der Waals surface area contributed by atoms with Crippen LogP contribution < -0.4 is 15.5 Å². The fourth-order valence-corrected chi connectivity index (χ4v) is 3.42. The fraction of sp³-hybridized carbons (Fsp3) is 0.300. The molecule has 0 amide bonds. The molecule has 2 N–H and O–H groups in total. The van der Waals surface area contributed by atoms with E-state index in [1.54, 1.807) is 0 Å². The van der Waals surface area contributed by atoms with E-state index in [2.05, 4.69) is 42.4 Å². The Balaban J connectivity index is 1.56. The first-order valence-corrected chi connectivity index (χ1v) is 9.75. The summed E-state index contributed by atoms with van der Waals surface area (Å²) < 4.78 is 0. The van der Waals surface area contributed by atoms with Gasteiger partial charge in [-0.3, -0.25) is 0 Å². The minimum atomic E-state index is 0.471. The molecule has 1 atom stereocenters. The Morgan fingerprint density at radius 1 is 1.21 bits per heavy atom. The van der Waals surface area contributed by atoms with Gasteiger partial charge in [-0.15, -0.1) is 0 Å². The highest BCUT2D eigenvalue weighted by Gasteiger charge is 2.19. The van der Waals surface area contributed by atoms with Gasteiger partial charge in [-0.1, -0.05) is 24.6 Å². The van der Waals surface area contributed by atoms with E-state index in [0.29, 0.717) is 22.8 Å². The van der Waals surface area contributed by atoms with Crippen molar-refractivity contribution in [2.75, 3.05) is 29.9 Å². The molecule has 1 fully saturated rings. The molecule has 7 nitrogen and oxygen atoms in total. The lowest BCUT2D eigenvalue weighted by atomic mass is 10.1. The third-order valence-electron chi connectivity index (χ3n) is 4.73. The van der Waals surface area contributed by atoms with Crippen molar-refractivity contribution < 1.29 is 0 Å². The summed E-state index contributed by atoms with van der Waals surface area (Å²) in [6, 6.07) is 11.9. The molecule has 8 heteroatoms. The van der Waals surface area contributed by atoms with E-state index < -0.39 is 0 Å². The molecule has 28 heavy (non-hydrogen) atoms. The van der Waals surface area contributed by atoms with Crippen LogP contribution in [0.5, 0.6) is 0 Å². The highest BCUT2D eigenvalue weighted by Crippen LogP contribution is 2.23. The maximum Gasteiger partial charge on any atom is 0.230 e. The molecule has 2 aromatic heterocycles. The van der Waals surface area contributed by atoms with Gasteiger partial charge in [-0.25, -0.2) is 15.0 Å². The average molecular weight is 396 g/mol. The third-order valence-corrected chi connectivity index (χ3v) is 4.96. The first-order valence-electron chi connectivity index (χ1n) is 9.37. The molecule has 1 aromatic carbocycles. The maximum absolute atomic E-state index is 6.04. The molecule has 3 heterocycles. The maximum atomic E-state index is 6.04. The molecular formula is C20H22ClN7. The Morgan fingerprint density at radius 3 is 3.00 bits per heavy atom. The second-order valence-electron chi connectivity index (χ2n) is 6.68. The number of rotatable bonds is 5. The van der Waals surface area contributed by atoms with Crippen molar-refractivity contribution in [3.8, 4) is 11.4 Å². The van der Waals surface area contributed by atoms with Crippen LogP contribution in [0.4, 0.5) is 17.5 Å². The van der Waals surface area contributed by atoms with Crippen molar-refractivity contribution >= 4 is 29.1 Å². The number of benzene rings is 1. The van der Waals surface area contributed by atoms with E-state index in [4.69, 9.17) is 11.6 Å². The summed E-state index contributed by atoms with van der Waals surface area (Å²) in [5.41, 5.74) is 1.74. The normalized spacial score (nSPS) is 16.8. The Morgan fingerprint density at radius 2 is 2.14 bits per heavy atom. The Bertz CT molecular complexity index is 949. The standard InChI is InChI=1S/C20H22ClN7/c1-2-16-12-28(9-8-22-16)18-10-14(6-7-23-18)19-24-13-25-20(27-19)26-17-5-3-4-15(21)11-17/h3-7,10-11,13,16,22H,2,8-9,12H2,1H3,(H,24,25,26,27)/t16-/m0/s1. The van der Waals surface area contributed by atoms with Crippen molar-refractivity contribution in [1.29, 1.82) is 0 Å². The molecule has 144 valence electrons. The van der Waals surface area contributed by atoms with Crippen LogP contribution in [0.25, 0.3) is 11.4 Å². The minimum absolute atomic E-state index is 0.471. The predicted molar refractivity (Wildman–Crippen MR) is 112 cm³/mol. The van der Waals surface area contributed by atoms with Crippen LogP contribution in [-0.4, -0.2) is 45.6 Å². The van der Waals surface area contributed by atoms with Gasteiger partial charge in [-0.2, -0.15) is 4.98 Å². The van der Waals surface area contributed by atoms with E-state index in [1.165, 1.54) is 6.33 Å². The number of pyridine rings is 1. The van der Waals surface area contributed by atoms with Gasteiger partial charge in [0.25, 0.3) is 0 Å². The van der Waals surface area contributed by atoms with Gasteiger partial charge in [0.05, 0.1) is 0 Å². The van der Waals surface area contributed by atoms with Crippen LogP contribution in [0.2, 0.25) is 5.02 Å². The zero-order valence-corrected chi connectivity index (χ0v) is 16.4. The van der Waals surface area contributed by atoms with E-state index in [1.807, 2.05) is 42.6 Å². The van der Waals surface area contributed by atoms with Gasteiger partial charge in [-0.05, 0) is 36.8 Å². The smallest absolute Gasteiger partial charge is 0.230 e. The van der Waals surface area contributed by atoms with Crippen molar-refractivity contribution in [2.24, 2.45) is 0 Å². The van der Waals surface area contributed by atoms with Gasteiger partial charge in [0.1, 0.15) is 12.1 Å². The molecule has 0 radical (unpaired) electrons. The van der Waals surface area contributed by atoms with E-state index in [0.717, 1.165) is 43.1 Å². The summed E-state index contributed by atoms with van der Waals surface area (Å²) >= 11 is 6.04. The number of aromatic nitrogens is 4. The monoisotopic (exact) mass is 395 g/mol. The highest BCUT2D eigenvalue weighted by molar-refractivity contribution is 6.30. The fourth-order valence-electron chi connectivity index (χ4n) is 3.23. The molecule has 0 bridgehead atoms. The van der Waals surface area contributed by atoms with Crippen LogP contribution in [0.1, 0.15) is 13.3 Å². The number of anilines is 3. The molecule has 4 rings (SSSR count). The predicted octanol–water partition coefficient (Wildman–Crippen LogP) is 3.52. The Kier molecular flexibility index (Phi) is 5.64. The minimum Gasteiger partial charge on any atom is -0.354 e. The van der Waals surface area contributed by atoms with E-state index >= 15 is 0 Å². The van der Waals surface area contributed by atoms with Crippen LogP contribution >= 0.6 is 11.6 Å². The second-order valence-corrected chi connectivity index (χ2v) is 7.11. The van der Waals surface area contributed by atoms with Gasteiger partial charge in [0.15, 0.2) is 5.82 Å². The van der Waals surface area contributed by atoms with Crippen molar-refractivity contribution in [2.45, 2.75) is 19.4 Å². The van der Waals surface area contributed by atoms with Crippen LogP contribution in [-0.2, 0) is 0 Å². The van der Waals surface area contributed by atoms with Crippen LogP contribution in [0.15, 0.2) is 48.9 Å². The lowest BCUT2D eigenvalue weighted by molar-refractivity contribution is 0.445. The van der Waals surface area contributed by atoms with E-state index in [9.17, 15) is 0 Å². The number of hydrogen-bond acceptors (Lipinski definition) is 7. The summed E-state index contributed by atoms with van der Waals surface area (Å²) in [5.74, 6) is 2.02. The number of halogens is 1. The summed E-state index contributed by atoms with van der Waals surface area (Å²) in [5, 5.41) is 7.35. The largest absolute Gasteiger partial charge is 0.354 e. The van der Waals surface area contributed by atoms with E-state index in [-0.39, 0.29) is 0 Å². The molecule has 1 saturated heterocycles.